The lowest BCUT2D eigenvalue weighted by Gasteiger charge is -2.19. The number of hydrogen-bond donors (Lipinski definition) is 0. The van der Waals surface area contributed by atoms with E-state index in [4.69, 9.17) is 4.74 Å². The maximum Gasteiger partial charge on any atom is 0.220 e. The summed E-state index contributed by atoms with van der Waals surface area (Å²) in [6, 6.07) is 5.92. The Bertz CT molecular complexity index is 685. The molecule has 1 aromatic rings. The highest BCUT2D eigenvalue weighted by molar-refractivity contribution is 7.90. The molecule has 3 atom stereocenters. The molecule has 3 aliphatic rings. The maximum atomic E-state index is 12.9. The zero-order valence-electron chi connectivity index (χ0n) is 10.7. The van der Waals surface area contributed by atoms with Crippen LogP contribution < -0.4 is 0 Å². The smallest absolute Gasteiger partial charge is 0.220 e. The molecular formula is C14H14FNO3S. The molecule has 3 heterocycles. The van der Waals surface area contributed by atoms with Gasteiger partial charge < -0.3 is 4.74 Å². The Morgan fingerprint density at radius 3 is 2.75 bits per heavy atom. The minimum absolute atomic E-state index is 0.0530. The van der Waals surface area contributed by atoms with Gasteiger partial charge in [-0.25, -0.2) is 12.8 Å². The van der Waals surface area contributed by atoms with Crippen LogP contribution in [0.4, 0.5) is 4.39 Å². The molecule has 0 unspecified atom stereocenters. The van der Waals surface area contributed by atoms with E-state index in [1.165, 1.54) is 16.4 Å². The summed E-state index contributed by atoms with van der Waals surface area (Å²) in [5, 5.41) is -0.467. The SMILES string of the molecule is O=S1(=O)[C@H]2C[C@H]3C=C[C@@]2(CN1Cc1ccc(F)cc1)O3. The summed E-state index contributed by atoms with van der Waals surface area (Å²) in [7, 11) is -3.35. The second-order valence-corrected chi connectivity index (χ2v) is 7.75. The molecular weight excluding hydrogens is 281 g/mol. The van der Waals surface area contributed by atoms with Gasteiger partial charge in [0, 0.05) is 13.1 Å². The normalized spacial score (nSPS) is 37.5. The van der Waals surface area contributed by atoms with Crippen LogP contribution in [0.2, 0.25) is 0 Å². The third kappa shape index (κ3) is 1.62. The van der Waals surface area contributed by atoms with Crippen molar-refractivity contribution in [3.05, 3.63) is 47.8 Å². The fraction of sp³-hybridized carbons (Fsp3) is 0.429. The van der Waals surface area contributed by atoms with Crippen molar-refractivity contribution in [2.75, 3.05) is 6.54 Å². The van der Waals surface area contributed by atoms with Crippen LogP contribution in [0.25, 0.3) is 0 Å². The average Bonchev–Trinajstić information content (AvgIpc) is 3.03. The van der Waals surface area contributed by atoms with E-state index in [0.717, 1.165) is 5.56 Å². The van der Waals surface area contributed by atoms with Crippen LogP contribution >= 0.6 is 0 Å². The van der Waals surface area contributed by atoms with E-state index in [1.807, 2.05) is 12.2 Å². The lowest BCUT2D eigenvalue weighted by Crippen LogP contribution is -2.36. The van der Waals surface area contributed by atoms with Gasteiger partial charge in [-0.1, -0.05) is 24.3 Å². The average molecular weight is 295 g/mol. The molecule has 0 amide bonds. The van der Waals surface area contributed by atoms with Gasteiger partial charge in [0.15, 0.2) is 0 Å². The highest BCUT2D eigenvalue weighted by Crippen LogP contribution is 2.48. The zero-order valence-corrected chi connectivity index (χ0v) is 11.5. The number of sulfonamides is 1. The highest BCUT2D eigenvalue weighted by Gasteiger charge is 2.63. The van der Waals surface area contributed by atoms with Gasteiger partial charge in [0.1, 0.15) is 16.7 Å². The number of hydrogen-bond acceptors (Lipinski definition) is 3. The van der Waals surface area contributed by atoms with Crippen molar-refractivity contribution in [1.82, 2.24) is 4.31 Å². The molecule has 106 valence electrons. The molecule has 0 aromatic heterocycles. The van der Waals surface area contributed by atoms with Crippen LogP contribution in [0.15, 0.2) is 36.4 Å². The van der Waals surface area contributed by atoms with Crippen LogP contribution in [0.3, 0.4) is 0 Å². The molecule has 2 fully saturated rings. The monoisotopic (exact) mass is 295 g/mol. The number of rotatable bonds is 2. The Morgan fingerprint density at radius 1 is 1.35 bits per heavy atom. The van der Waals surface area contributed by atoms with E-state index in [9.17, 15) is 12.8 Å². The Kier molecular flexibility index (Phi) is 2.44. The number of fused-ring (bicyclic) bond motifs is 1. The quantitative estimate of drug-likeness (QED) is 0.776. The summed E-state index contributed by atoms with van der Waals surface area (Å²) in [6.45, 7) is 0.618. The van der Waals surface area contributed by atoms with Gasteiger partial charge in [0.2, 0.25) is 10.0 Å². The number of nitrogens with zero attached hydrogens (tertiary/aromatic N) is 1. The molecule has 20 heavy (non-hydrogen) atoms. The van der Waals surface area contributed by atoms with E-state index < -0.39 is 20.9 Å². The molecule has 0 aliphatic carbocycles. The van der Waals surface area contributed by atoms with Crippen molar-refractivity contribution in [2.45, 2.75) is 29.9 Å². The molecule has 4 rings (SSSR count). The predicted molar refractivity (Wildman–Crippen MR) is 70.9 cm³/mol. The van der Waals surface area contributed by atoms with Gasteiger partial charge in [-0.05, 0) is 24.1 Å². The Hall–Kier alpha value is -1.24. The van der Waals surface area contributed by atoms with Gasteiger partial charge in [0.05, 0.1) is 6.10 Å². The molecule has 0 N–H and O–H groups in total. The number of ether oxygens (including phenoxy) is 1. The molecule has 1 spiro atoms. The first-order valence-electron chi connectivity index (χ1n) is 6.60. The van der Waals surface area contributed by atoms with E-state index in [1.54, 1.807) is 12.1 Å². The maximum absolute atomic E-state index is 12.9. The van der Waals surface area contributed by atoms with Crippen LogP contribution in [0, 0.1) is 5.82 Å². The summed E-state index contributed by atoms with van der Waals surface area (Å²) >= 11 is 0. The number of benzene rings is 1. The van der Waals surface area contributed by atoms with Crippen molar-refractivity contribution in [1.29, 1.82) is 0 Å². The van der Waals surface area contributed by atoms with E-state index in [-0.39, 0.29) is 18.5 Å². The summed E-state index contributed by atoms with van der Waals surface area (Å²) < 4.78 is 45.3. The third-order valence-electron chi connectivity index (χ3n) is 4.37. The predicted octanol–water partition coefficient (Wildman–Crippen LogP) is 1.44. The first-order chi connectivity index (χ1) is 9.49. The highest BCUT2D eigenvalue weighted by atomic mass is 32.2. The van der Waals surface area contributed by atoms with Crippen LogP contribution in [0.1, 0.15) is 12.0 Å². The van der Waals surface area contributed by atoms with Crippen LogP contribution in [-0.4, -0.2) is 36.2 Å². The molecule has 2 bridgehead atoms. The summed E-state index contributed by atoms with van der Waals surface area (Å²) in [4.78, 5) is 0. The molecule has 0 saturated carbocycles. The molecule has 3 aliphatic heterocycles. The van der Waals surface area contributed by atoms with Crippen molar-refractivity contribution < 1.29 is 17.5 Å². The minimum Gasteiger partial charge on any atom is -0.361 e. The second kappa shape index (κ2) is 3.90. The van der Waals surface area contributed by atoms with Crippen molar-refractivity contribution in [3.8, 4) is 0 Å². The van der Waals surface area contributed by atoms with Crippen molar-refractivity contribution in [3.63, 3.8) is 0 Å². The van der Waals surface area contributed by atoms with Gasteiger partial charge in [0.25, 0.3) is 0 Å². The second-order valence-electron chi connectivity index (χ2n) is 5.63. The van der Waals surface area contributed by atoms with E-state index in [0.29, 0.717) is 13.0 Å². The molecule has 6 heteroatoms. The van der Waals surface area contributed by atoms with Gasteiger partial charge in [-0.15, -0.1) is 0 Å². The van der Waals surface area contributed by atoms with E-state index in [2.05, 4.69) is 0 Å². The lowest BCUT2D eigenvalue weighted by molar-refractivity contribution is 0.0298. The molecule has 1 aromatic carbocycles. The van der Waals surface area contributed by atoms with Crippen molar-refractivity contribution >= 4 is 10.0 Å². The minimum atomic E-state index is -3.35. The molecule has 0 radical (unpaired) electrons. The van der Waals surface area contributed by atoms with E-state index >= 15 is 0 Å². The lowest BCUT2D eigenvalue weighted by atomic mass is 9.94. The Morgan fingerprint density at radius 2 is 2.10 bits per heavy atom. The first-order valence-corrected chi connectivity index (χ1v) is 8.11. The van der Waals surface area contributed by atoms with Crippen LogP contribution in [0.5, 0.6) is 0 Å². The standard InChI is InChI=1S/C14H14FNO3S/c15-11-3-1-10(2-4-11)8-16-9-14-6-5-12(19-14)7-13(14)20(16,17)18/h1-6,12-13H,7-9H2/t12-,13+,14+/m1/s1. The fourth-order valence-corrected chi connectivity index (χ4v) is 5.62. The van der Waals surface area contributed by atoms with Gasteiger partial charge in [-0.3, -0.25) is 0 Å². The molecule has 2 saturated heterocycles. The summed E-state index contributed by atoms with van der Waals surface area (Å²) in [5.41, 5.74) is 0.119. The largest absolute Gasteiger partial charge is 0.361 e. The van der Waals surface area contributed by atoms with Gasteiger partial charge >= 0.3 is 0 Å². The van der Waals surface area contributed by atoms with Crippen molar-refractivity contribution in [2.24, 2.45) is 0 Å². The van der Waals surface area contributed by atoms with Gasteiger partial charge in [-0.2, -0.15) is 4.31 Å². The molecule has 4 nitrogen and oxygen atoms in total. The zero-order chi connectivity index (χ0) is 14.0. The number of halogens is 1. The van der Waals surface area contributed by atoms with Crippen LogP contribution in [-0.2, 0) is 21.3 Å². The summed E-state index contributed by atoms with van der Waals surface area (Å²) in [5.74, 6) is -0.321. The third-order valence-corrected chi connectivity index (χ3v) is 6.66. The topological polar surface area (TPSA) is 46.6 Å². The Labute approximate surface area is 116 Å². The Balaban J connectivity index is 1.64. The first kappa shape index (κ1) is 12.5. The summed E-state index contributed by atoms with van der Waals surface area (Å²) in [6.07, 6.45) is 4.34. The fourth-order valence-electron chi connectivity index (χ4n) is 3.40.